The molecule has 0 aromatic heterocycles. The molecule has 2 aliphatic rings. The molecule has 0 saturated heterocycles. The van der Waals surface area contributed by atoms with Crippen molar-refractivity contribution in [2.45, 2.75) is 6.92 Å². The first-order valence-corrected chi connectivity index (χ1v) is 6.20. The number of nitrogens with zero attached hydrogens (tertiary/aromatic N) is 4. The molecule has 1 aromatic carbocycles. The number of aryl methyl sites for hydroxylation is 2. The Hall–Kier alpha value is -2.96. The van der Waals surface area contributed by atoms with Crippen LogP contribution in [-0.2, 0) is 7.05 Å². The zero-order valence-electron chi connectivity index (χ0n) is 11.4. The van der Waals surface area contributed by atoms with Crippen molar-refractivity contribution in [1.29, 1.82) is 0 Å². The van der Waals surface area contributed by atoms with Crippen molar-refractivity contribution < 1.29 is 15.0 Å². The number of carboxylic acids is 1. The van der Waals surface area contributed by atoms with E-state index < -0.39 is 5.97 Å². The maximum absolute atomic E-state index is 11.4. The maximum atomic E-state index is 11.4. The Morgan fingerprint density at radius 2 is 2.00 bits per heavy atom. The van der Waals surface area contributed by atoms with E-state index in [1.54, 1.807) is 36.9 Å². The van der Waals surface area contributed by atoms with Crippen LogP contribution in [0, 0.1) is 6.92 Å². The van der Waals surface area contributed by atoms with Crippen molar-refractivity contribution in [3.05, 3.63) is 35.8 Å². The first-order chi connectivity index (χ1) is 9.97. The molecule has 21 heavy (non-hydrogen) atoms. The highest BCUT2D eigenvalue weighted by atomic mass is 16.4. The highest BCUT2D eigenvalue weighted by Gasteiger charge is 2.21. The summed E-state index contributed by atoms with van der Waals surface area (Å²) in [5.41, 5.74) is 0.777. The van der Waals surface area contributed by atoms with Crippen LogP contribution in [0.5, 0.6) is 5.75 Å². The Bertz CT molecular complexity index is 825. The van der Waals surface area contributed by atoms with E-state index in [4.69, 9.17) is 0 Å². The lowest BCUT2D eigenvalue weighted by molar-refractivity contribution is 0.0694. The van der Waals surface area contributed by atoms with Gasteiger partial charge < -0.3 is 14.8 Å². The van der Waals surface area contributed by atoms with Crippen molar-refractivity contribution >= 4 is 5.97 Å². The predicted molar refractivity (Wildman–Crippen MR) is 74.2 cm³/mol. The van der Waals surface area contributed by atoms with Crippen molar-refractivity contribution in [2.75, 3.05) is 0 Å². The molecule has 0 fully saturated rings. The van der Waals surface area contributed by atoms with Crippen LogP contribution in [0.15, 0.2) is 24.4 Å². The van der Waals surface area contributed by atoms with Crippen LogP contribution in [0.2, 0.25) is 0 Å². The van der Waals surface area contributed by atoms with Crippen molar-refractivity contribution in [3.63, 3.8) is 0 Å². The number of carboxylic acid groups (broad SMARTS) is 1. The highest BCUT2D eigenvalue weighted by molar-refractivity contribution is 5.98. The number of phenols is 1. The number of benzene rings is 1. The Labute approximate surface area is 119 Å². The van der Waals surface area contributed by atoms with E-state index in [9.17, 15) is 15.0 Å². The lowest BCUT2D eigenvalue weighted by Crippen LogP contribution is -2.07. The van der Waals surface area contributed by atoms with Gasteiger partial charge >= 0.3 is 5.97 Å². The summed E-state index contributed by atoms with van der Waals surface area (Å²) in [6.07, 6.45) is 1.73. The molecule has 0 unspecified atom stereocenters. The van der Waals surface area contributed by atoms with Crippen LogP contribution in [0.3, 0.4) is 0 Å². The average Bonchev–Trinajstić information content (AvgIpc) is 2.76. The van der Waals surface area contributed by atoms with Gasteiger partial charge in [0.1, 0.15) is 28.7 Å². The normalized spacial score (nSPS) is 11.0. The number of hydrogen-bond donors (Lipinski definition) is 2. The van der Waals surface area contributed by atoms with Crippen LogP contribution in [0.25, 0.3) is 22.9 Å². The van der Waals surface area contributed by atoms with Gasteiger partial charge in [0.2, 0.25) is 0 Å². The molecule has 0 atom stereocenters. The summed E-state index contributed by atoms with van der Waals surface area (Å²) in [6, 6.07) is 4.50. The van der Waals surface area contributed by atoms with Gasteiger partial charge in [0.05, 0.1) is 0 Å². The Morgan fingerprint density at radius 1 is 1.24 bits per heavy atom. The second-order valence-electron chi connectivity index (χ2n) is 4.66. The number of hydrogen-bond acceptors (Lipinski definition) is 5. The van der Waals surface area contributed by atoms with E-state index in [2.05, 4.69) is 15.0 Å². The number of carbonyl (C=O) groups is 1. The lowest BCUT2D eigenvalue weighted by atomic mass is 10.1. The topological polar surface area (TPSA) is 101 Å². The molecule has 0 radical (unpaired) electrons. The van der Waals surface area contributed by atoms with Gasteiger partial charge in [-0.25, -0.2) is 19.7 Å². The van der Waals surface area contributed by atoms with E-state index in [-0.39, 0.29) is 11.3 Å². The zero-order valence-corrected chi connectivity index (χ0v) is 11.4. The minimum atomic E-state index is -1.21. The van der Waals surface area contributed by atoms with Crippen molar-refractivity contribution in [3.8, 4) is 28.7 Å². The van der Waals surface area contributed by atoms with Gasteiger partial charge in [0.25, 0.3) is 0 Å². The molecule has 0 spiro atoms. The standard InChI is InChI=1S/C14H12N4O3/c1-7-15-9-6-18(2)13(17-12(9)16-7)8-4-3-5-10(19)11(8)14(20)21/h3-6,19H,1-2H3,(H,20,21). The van der Waals surface area contributed by atoms with Crippen LogP contribution in [0.4, 0.5) is 0 Å². The molecule has 0 amide bonds. The van der Waals surface area contributed by atoms with Crippen LogP contribution < -0.4 is 0 Å². The van der Waals surface area contributed by atoms with E-state index in [0.717, 1.165) is 0 Å². The first-order valence-electron chi connectivity index (χ1n) is 6.20. The minimum Gasteiger partial charge on any atom is -0.507 e. The summed E-state index contributed by atoms with van der Waals surface area (Å²) >= 11 is 0. The summed E-state index contributed by atoms with van der Waals surface area (Å²) in [5, 5.41) is 19.1. The second kappa shape index (κ2) is 4.55. The van der Waals surface area contributed by atoms with E-state index in [1.165, 1.54) is 6.07 Å². The van der Waals surface area contributed by atoms with Gasteiger partial charge in [-0.05, 0) is 13.0 Å². The fourth-order valence-corrected chi connectivity index (χ4v) is 2.25. The van der Waals surface area contributed by atoms with E-state index in [1.807, 2.05) is 0 Å². The van der Waals surface area contributed by atoms with E-state index in [0.29, 0.717) is 28.7 Å². The summed E-state index contributed by atoms with van der Waals surface area (Å²) in [5.74, 6) is -0.0681. The van der Waals surface area contributed by atoms with Gasteiger partial charge in [0, 0.05) is 18.8 Å². The quantitative estimate of drug-likeness (QED) is 0.742. The maximum Gasteiger partial charge on any atom is 0.340 e. The molecule has 0 aliphatic carbocycles. The fraction of sp³-hybridized carbons (Fsp3) is 0.143. The molecular formula is C14H12N4O3. The van der Waals surface area contributed by atoms with Crippen molar-refractivity contribution in [2.24, 2.45) is 7.05 Å². The third-order valence-corrected chi connectivity index (χ3v) is 3.14. The van der Waals surface area contributed by atoms with Crippen molar-refractivity contribution in [1.82, 2.24) is 19.5 Å². The lowest BCUT2D eigenvalue weighted by Gasteiger charge is -2.12. The SMILES string of the molecule is Cc1nc2cn(C)c(-c3cccc(O)c3C(=O)O)nc-2n1. The van der Waals surface area contributed by atoms with E-state index >= 15 is 0 Å². The Balaban J connectivity index is 2.31. The molecular weight excluding hydrogens is 272 g/mol. The molecule has 2 heterocycles. The number of rotatable bonds is 2. The molecule has 3 rings (SSSR count). The van der Waals surface area contributed by atoms with Crippen LogP contribution in [-0.4, -0.2) is 35.7 Å². The third kappa shape index (κ3) is 2.08. The monoisotopic (exact) mass is 284 g/mol. The van der Waals surface area contributed by atoms with Crippen LogP contribution >= 0.6 is 0 Å². The van der Waals surface area contributed by atoms with Gasteiger partial charge in [-0.1, -0.05) is 12.1 Å². The molecule has 0 saturated carbocycles. The number of aromatic hydroxyl groups is 1. The summed E-state index contributed by atoms with van der Waals surface area (Å²) in [6.45, 7) is 1.76. The van der Waals surface area contributed by atoms with Gasteiger partial charge in [0.15, 0.2) is 5.82 Å². The Morgan fingerprint density at radius 3 is 2.71 bits per heavy atom. The molecule has 1 aromatic rings. The summed E-state index contributed by atoms with van der Waals surface area (Å²) < 4.78 is 1.66. The molecule has 7 heteroatoms. The number of aromatic nitrogens is 4. The largest absolute Gasteiger partial charge is 0.507 e. The zero-order chi connectivity index (χ0) is 15.1. The number of fused-ring (bicyclic) bond motifs is 1. The summed E-state index contributed by atoms with van der Waals surface area (Å²) in [7, 11) is 1.74. The molecule has 0 bridgehead atoms. The van der Waals surface area contributed by atoms with Gasteiger partial charge in [-0.15, -0.1) is 0 Å². The fourth-order valence-electron chi connectivity index (χ4n) is 2.25. The predicted octanol–water partition coefficient (Wildman–Crippen LogP) is 1.69. The highest BCUT2D eigenvalue weighted by Crippen LogP contribution is 2.30. The second-order valence-corrected chi connectivity index (χ2v) is 4.66. The minimum absolute atomic E-state index is 0.184. The molecule has 106 valence electrons. The smallest absolute Gasteiger partial charge is 0.340 e. The third-order valence-electron chi connectivity index (χ3n) is 3.14. The number of imidazole rings is 1. The van der Waals surface area contributed by atoms with Crippen LogP contribution in [0.1, 0.15) is 16.2 Å². The number of aromatic carboxylic acids is 1. The average molecular weight is 284 g/mol. The van der Waals surface area contributed by atoms with Gasteiger partial charge in [-0.3, -0.25) is 0 Å². The summed E-state index contributed by atoms with van der Waals surface area (Å²) in [4.78, 5) is 24.2. The molecule has 2 N–H and O–H groups in total. The van der Waals surface area contributed by atoms with Gasteiger partial charge in [-0.2, -0.15) is 0 Å². The Kier molecular flexibility index (Phi) is 2.83. The first kappa shape index (κ1) is 13.0. The molecule has 7 nitrogen and oxygen atoms in total. The molecule has 2 aliphatic heterocycles.